The molecule has 0 atom stereocenters. The molecule has 1 saturated carbocycles. The van der Waals surface area contributed by atoms with Gasteiger partial charge in [-0.15, -0.1) is 0 Å². The van der Waals surface area contributed by atoms with Gasteiger partial charge in [0.2, 0.25) is 0 Å². The van der Waals surface area contributed by atoms with Gasteiger partial charge in [0.25, 0.3) is 5.89 Å². The van der Waals surface area contributed by atoms with E-state index in [1.165, 1.54) is 56.9 Å². The van der Waals surface area contributed by atoms with Gasteiger partial charge in [-0.1, -0.05) is 56.8 Å². The van der Waals surface area contributed by atoms with Crippen LogP contribution >= 0.6 is 0 Å². The normalized spacial score (nSPS) is 20.7. The molecule has 1 aromatic heterocycles. The minimum absolute atomic E-state index is 0.648. The first-order valence-corrected chi connectivity index (χ1v) is 10.2. The lowest BCUT2D eigenvalue weighted by molar-refractivity contribution is 0.303. The average Bonchev–Trinajstić information content (AvgIpc) is 3.12. The van der Waals surface area contributed by atoms with E-state index in [-0.39, 0.29) is 0 Å². The van der Waals surface area contributed by atoms with Gasteiger partial charge < -0.3 is 4.52 Å². The van der Waals surface area contributed by atoms with Crippen molar-refractivity contribution in [2.24, 2.45) is 5.92 Å². The van der Waals surface area contributed by atoms with Gasteiger partial charge in [-0.3, -0.25) is 0 Å². The zero-order valence-corrected chi connectivity index (χ0v) is 15.8. The standard InChI is InChI=1S/C22H32N2O/c1-3-5-6-8-17-9-11-18(12-10-17)19-13-15-20(16-14-19)22-23-21(7-4-2)24-25-22/h13-18H,3-12H2,1-2H3. The van der Waals surface area contributed by atoms with Crippen LogP contribution in [0.1, 0.15) is 88.9 Å². The number of unbranched alkanes of at least 4 members (excludes halogenated alkanes) is 2. The molecule has 25 heavy (non-hydrogen) atoms. The van der Waals surface area contributed by atoms with E-state index in [0.717, 1.165) is 36.1 Å². The van der Waals surface area contributed by atoms with Crippen molar-refractivity contribution >= 4 is 0 Å². The molecule has 136 valence electrons. The van der Waals surface area contributed by atoms with Gasteiger partial charge in [0.05, 0.1) is 0 Å². The highest BCUT2D eigenvalue weighted by Crippen LogP contribution is 2.38. The molecule has 0 radical (unpaired) electrons. The summed E-state index contributed by atoms with van der Waals surface area (Å²) in [5, 5.41) is 4.05. The van der Waals surface area contributed by atoms with Crippen molar-refractivity contribution in [1.82, 2.24) is 10.1 Å². The Balaban J connectivity index is 1.54. The SMILES string of the molecule is CCCCCC1CCC(c2ccc(-c3nc(CCC)no3)cc2)CC1. The molecule has 0 saturated heterocycles. The zero-order valence-electron chi connectivity index (χ0n) is 15.8. The van der Waals surface area contributed by atoms with Crippen LogP contribution in [0.4, 0.5) is 0 Å². The van der Waals surface area contributed by atoms with Crippen molar-refractivity contribution in [3.63, 3.8) is 0 Å². The Hall–Kier alpha value is -1.64. The first-order valence-electron chi connectivity index (χ1n) is 10.2. The summed E-state index contributed by atoms with van der Waals surface area (Å²) < 4.78 is 5.39. The second-order valence-corrected chi connectivity index (χ2v) is 7.60. The molecular formula is C22H32N2O. The van der Waals surface area contributed by atoms with Crippen LogP contribution in [-0.2, 0) is 6.42 Å². The maximum absolute atomic E-state index is 5.39. The first kappa shape index (κ1) is 18.2. The molecule has 0 N–H and O–H groups in total. The molecular weight excluding hydrogens is 308 g/mol. The van der Waals surface area contributed by atoms with E-state index >= 15 is 0 Å². The summed E-state index contributed by atoms with van der Waals surface area (Å²) >= 11 is 0. The Morgan fingerprint density at radius 1 is 0.960 bits per heavy atom. The number of hydrogen-bond donors (Lipinski definition) is 0. The van der Waals surface area contributed by atoms with Crippen LogP contribution in [0, 0.1) is 5.92 Å². The monoisotopic (exact) mass is 340 g/mol. The van der Waals surface area contributed by atoms with Gasteiger partial charge in [-0.05, 0) is 61.6 Å². The lowest BCUT2D eigenvalue weighted by atomic mass is 9.77. The molecule has 0 spiro atoms. The minimum atomic E-state index is 0.648. The third-order valence-electron chi connectivity index (χ3n) is 5.63. The molecule has 1 aromatic carbocycles. The number of nitrogens with zero attached hydrogens (tertiary/aromatic N) is 2. The third-order valence-corrected chi connectivity index (χ3v) is 5.63. The van der Waals surface area contributed by atoms with E-state index in [1.807, 2.05) is 0 Å². The largest absolute Gasteiger partial charge is 0.334 e. The average molecular weight is 341 g/mol. The maximum Gasteiger partial charge on any atom is 0.257 e. The molecule has 0 aliphatic heterocycles. The molecule has 1 heterocycles. The molecule has 3 heteroatoms. The quantitative estimate of drug-likeness (QED) is 0.512. The van der Waals surface area contributed by atoms with Crippen molar-refractivity contribution in [3.8, 4) is 11.5 Å². The van der Waals surface area contributed by atoms with Crippen molar-refractivity contribution in [3.05, 3.63) is 35.7 Å². The highest BCUT2D eigenvalue weighted by Gasteiger charge is 2.22. The highest BCUT2D eigenvalue weighted by atomic mass is 16.5. The molecule has 0 bridgehead atoms. The summed E-state index contributed by atoms with van der Waals surface area (Å²) in [5.74, 6) is 3.16. The van der Waals surface area contributed by atoms with Crippen LogP contribution in [0.15, 0.2) is 28.8 Å². The van der Waals surface area contributed by atoms with Crippen LogP contribution in [0.5, 0.6) is 0 Å². The van der Waals surface area contributed by atoms with Crippen molar-refractivity contribution in [1.29, 1.82) is 0 Å². The lowest BCUT2D eigenvalue weighted by Gasteiger charge is -2.29. The fourth-order valence-electron chi connectivity index (χ4n) is 4.06. The van der Waals surface area contributed by atoms with Crippen molar-refractivity contribution in [2.45, 2.75) is 84.0 Å². The summed E-state index contributed by atoms with van der Waals surface area (Å²) in [6, 6.07) is 8.82. The van der Waals surface area contributed by atoms with Gasteiger partial charge >= 0.3 is 0 Å². The van der Waals surface area contributed by atoms with E-state index in [4.69, 9.17) is 4.52 Å². The minimum Gasteiger partial charge on any atom is -0.334 e. The lowest BCUT2D eigenvalue weighted by Crippen LogP contribution is -2.13. The smallest absolute Gasteiger partial charge is 0.257 e. The molecule has 3 nitrogen and oxygen atoms in total. The Labute approximate surface area is 152 Å². The van der Waals surface area contributed by atoms with E-state index < -0.39 is 0 Å². The molecule has 0 unspecified atom stereocenters. The summed E-state index contributed by atoms with van der Waals surface area (Å²) in [6.07, 6.45) is 13.0. The van der Waals surface area contributed by atoms with E-state index in [0.29, 0.717) is 5.89 Å². The van der Waals surface area contributed by atoms with Gasteiger partial charge in [-0.2, -0.15) is 4.98 Å². The number of benzene rings is 1. The number of rotatable bonds is 8. The van der Waals surface area contributed by atoms with Gasteiger partial charge in [0, 0.05) is 12.0 Å². The van der Waals surface area contributed by atoms with Gasteiger partial charge in [0.15, 0.2) is 5.82 Å². The van der Waals surface area contributed by atoms with Crippen LogP contribution in [-0.4, -0.2) is 10.1 Å². The molecule has 3 rings (SSSR count). The van der Waals surface area contributed by atoms with Crippen LogP contribution in [0.3, 0.4) is 0 Å². The zero-order chi connectivity index (χ0) is 17.5. The van der Waals surface area contributed by atoms with E-state index in [2.05, 4.69) is 48.3 Å². The van der Waals surface area contributed by atoms with E-state index in [9.17, 15) is 0 Å². The second-order valence-electron chi connectivity index (χ2n) is 7.60. The third kappa shape index (κ3) is 4.93. The molecule has 1 aliphatic rings. The van der Waals surface area contributed by atoms with Gasteiger partial charge in [0.1, 0.15) is 0 Å². The molecule has 1 fully saturated rings. The predicted molar refractivity (Wildman–Crippen MR) is 103 cm³/mol. The molecule has 2 aromatic rings. The van der Waals surface area contributed by atoms with Crippen molar-refractivity contribution in [2.75, 3.05) is 0 Å². The summed E-state index contributed by atoms with van der Waals surface area (Å²) in [7, 11) is 0. The van der Waals surface area contributed by atoms with Crippen LogP contribution in [0.2, 0.25) is 0 Å². The van der Waals surface area contributed by atoms with Crippen molar-refractivity contribution < 1.29 is 4.52 Å². The predicted octanol–water partition coefficient (Wildman–Crippen LogP) is 6.54. The fourth-order valence-corrected chi connectivity index (χ4v) is 4.06. The Kier molecular flexibility index (Phi) is 6.66. The topological polar surface area (TPSA) is 38.9 Å². The fraction of sp³-hybridized carbons (Fsp3) is 0.636. The summed E-state index contributed by atoms with van der Waals surface area (Å²) in [6.45, 7) is 4.42. The first-order chi connectivity index (χ1) is 12.3. The number of aromatic nitrogens is 2. The van der Waals surface area contributed by atoms with Crippen LogP contribution in [0.25, 0.3) is 11.5 Å². The summed E-state index contributed by atoms with van der Waals surface area (Å²) in [4.78, 5) is 4.48. The van der Waals surface area contributed by atoms with Gasteiger partial charge in [-0.25, -0.2) is 0 Å². The molecule has 1 aliphatic carbocycles. The van der Waals surface area contributed by atoms with E-state index in [1.54, 1.807) is 0 Å². The Bertz CT molecular complexity index is 624. The summed E-state index contributed by atoms with van der Waals surface area (Å²) in [5.41, 5.74) is 2.51. The Morgan fingerprint density at radius 3 is 2.40 bits per heavy atom. The molecule has 0 amide bonds. The number of aryl methyl sites for hydroxylation is 1. The highest BCUT2D eigenvalue weighted by molar-refractivity contribution is 5.53. The maximum atomic E-state index is 5.39. The second kappa shape index (κ2) is 9.17. The van der Waals surface area contributed by atoms with Crippen LogP contribution < -0.4 is 0 Å². The number of hydrogen-bond acceptors (Lipinski definition) is 3. The Morgan fingerprint density at radius 2 is 1.72 bits per heavy atom.